The molecule has 3 N–H and O–H groups in total. The van der Waals surface area contributed by atoms with Gasteiger partial charge in [-0.25, -0.2) is 0 Å². The number of hydrogen-bond acceptors (Lipinski definition) is 3. The first kappa shape index (κ1) is 17.0. The molecule has 6 heteroatoms. The van der Waals surface area contributed by atoms with E-state index in [9.17, 15) is 4.79 Å². The molecule has 3 nitrogen and oxygen atoms in total. The van der Waals surface area contributed by atoms with Crippen molar-refractivity contribution in [3.63, 3.8) is 0 Å². The van der Waals surface area contributed by atoms with Crippen LogP contribution in [0.1, 0.15) is 0 Å². The van der Waals surface area contributed by atoms with Crippen LogP contribution in [0, 0.1) is 0 Å². The number of carboxylic acid groups (broad SMARTS) is 1. The fourth-order valence-electron chi connectivity index (χ4n) is 0.0781. The summed E-state index contributed by atoms with van der Waals surface area (Å²) in [4.78, 5) is 9.76. The summed E-state index contributed by atoms with van der Waals surface area (Å²) in [5, 5.41) is 8.01. The van der Waals surface area contributed by atoms with Crippen molar-refractivity contribution in [2.75, 3.05) is 5.75 Å². The van der Waals surface area contributed by atoms with Crippen molar-refractivity contribution in [2.45, 2.75) is 6.04 Å². The minimum atomic E-state index is -1.00. The quantitative estimate of drug-likeness (QED) is 0.332. The monoisotopic (exact) mass is 169 g/mol. The van der Waals surface area contributed by atoms with Crippen molar-refractivity contribution in [3.05, 3.63) is 0 Å². The molecule has 0 aromatic carbocycles. The molecular formula is C3H9NNa2O2S. The average Bonchev–Trinajstić information content (AvgIpc) is 1.65. The Bertz CT molecular complexity index is 82.2. The van der Waals surface area contributed by atoms with E-state index in [1.807, 2.05) is 0 Å². The molecule has 0 aliphatic rings. The van der Waals surface area contributed by atoms with Gasteiger partial charge in [0.1, 0.15) is 6.04 Å². The Hall–Kier alpha value is 1.78. The van der Waals surface area contributed by atoms with Crippen molar-refractivity contribution in [1.29, 1.82) is 0 Å². The van der Waals surface area contributed by atoms with Gasteiger partial charge in [-0.1, -0.05) is 0 Å². The zero-order valence-electron chi connectivity index (χ0n) is 3.66. The zero-order chi connectivity index (χ0) is 5.86. The predicted octanol–water partition coefficient (Wildman–Crippen LogP) is -1.97. The number of carboxylic acids is 1. The Labute approximate surface area is 104 Å². The summed E-state index contributed by atoms with van der Waals surface area (Å²) in [7, 11) is 0. The van der Waals surface area contributed by atoms with Crippen molar-refractivity contribution in [1.82, 2.24) is 0 Å². The molecule has 0 aromatic heterocycles. The SMILES string of the molecule is N[C@H](CS)C(=O)O.[NaH].[NaH]. The van der Waals surface area contributed by atoms with Crippen LogP contribution in [0.4, 0.5) is 0 Å². The first-order valence-electron chi connectivity index (χ1n) is 1.77. The van der Waals surface area contributed by atoms with E-state index in [1.54, 1.807) is 0 Å². The number of nitrogens with two attached hydrogens (primary N) is 1. The van der Waals surface area contributed by atoms with E-state index in [2.05, 4.69) is 12.6 Å². The van der Waals surface area contributed by atoms with Crippen LogP contribution >= 0.6 is 12.6 Å². The van der Waals surface area contributed by atoms with Gasteiger partial charge in [0, 0.05) is 5.75 Å². The summed E-state index contributed by atoms with van der Waals surface area (Å²) in [5.41, 5.74) is 4.94. The number of thiol groups is 1. The van der Waals surface area contributed by atoms with Gasteiger partial charge in [0.05, 0.1) is 0 Å². The van der Waals surface area contributed by atoms with Gasteiger partial charge < -0.3 is 10.8 Å². The topological polar surface area (TPSA) is 63.3 Å². The molecule has 0 aromatic rings. The summed E-state index contributed by atoms with van der Waals surface area (Å²) in [6.07, 6.45) is 0. The van der Waals surface area contributed by atoms with E-state index in [4.69, 9.17) is 10.8 Å². The summed E-state index contributed by atoms with van der Waals surface area (Å²) in [6.45, 7) is 0. The fourth-order valence-corrected chi connectivity index (χ4v) is 0.234. The van der Waals surface area contributed by atoms with Crippen molar-refractivity contribution < 1.29 is 9.90 Å². The first-order valence-corrected chi connectivity index (χ1v) is 2.41. The van der Waals surface area contributed by atoms with E-state index >= 15 is 0 Å². The maximum atomic E-state index is 9.76. The number of hydrogen-bond donors (Lipinski definition) is 3. The van der Waals surface area contributed by atoms with Crippen molar-refractivity contribution in [3.8, 4) is 0 Å². The third-order valence-electron chi connectivity index (χ3n) is 0.514. The molecular weight excluding hydrogens is 160 g/mol. The average molecular weight is 169 g/mol. The molecule has 0 fully saturated rings. The van der Waals surface area contributed by atoms with Gasteiger partial charge in [-0.05, 0) is 0 Å². The maximum absolute atomic E-state index is 9.76. The van der Waals surface area contributed by atoms with Crippen LogP contribution in [-0.4, -0.2) is 82.0 Å². The number of rotatable bonds is 2. The second-order valence-electron chi connectivity index (χ2n) is 1.13. The van der Waals surface area contributed by atoms with Crippen LogP contribution in [0.15, 0.2) is 0 Å². The van der Waals surface area contributed by atoms with E-state index in [1.165, 1.54) is 0 Å². The van der Waals surface area contributed by atoms with Crippen LogP contribution in [0.3, 0.4) is 0 Å². The summed E-state index contributed by atoms with van der Waals surface area (Å²) in [6, 6.07) is -0.816. The fraction of sp³-hybridized carbons (Fsp3) is 0.667. The Kier molecular flexibility index (Phi) is 18.5. The number of aliphatic carboxylic acids is 1. The molecule has 9 heavy (non-hydrogen) atoms. The Morgan fingerprint density at radius 3 is 2.00 bits per heavy atom. The van der Waals surface area contributed by atoms with Gasteiger partial charge in [0.25, 0.3) is 0 Å². The van der Waals surface area contributed by atoms with Gasteiger partial charge >= 0.3 is 65.1 Å². The van der Waals surface area contributed by atoms with E-state index < -0.39 is 12.0 Å². The second-order valence-corrected chi connectivity index (χ2v) is 1.49. The standard InChI is InChI=1S/C3H7NO2S.2Na.2H/c4-2(1-7)3(5)6;;;;/h2,7H,1,4H2,(H,5,6);;;;/t2-;;;;/m1..../s1. The van der Waals surface area contributed by atoms with Crippen LogP contribution in [0.2, 0.25) is 0 Å². The molecule has 0 radical (unpaired) electrons. The molecule has 0 amide bonds. The van der Waals surface area contributed by atoms with Gasteiger partial charge in [-0.15, -0.1) is 0 Å². The predicted molar refractivity (Wildman–Crippen MR) is 43.8 cm³/mol. The van der Waals surface area contributed by atoms with Crippen molar-refractivity contribution in [2.24, 2.45) is 5.73 Å². The molecule has 0 unspecified atom stereocenters. The summed E-state index contributed by atoms with van der Waals surface area (Å²) < 4.78 is 0. The van der Waals surface area contributed by atoms with Crippen LogP contribution < -0.4 is 5.73 Å². The van der Waals surface area contributed by atoms with E-state index in [0.29, 0.717) is 0 Å². The molecule has 0 heterocycles. The second kappa shape index (κ2) is 9.78. The molecule has 0 aliphatic carbocycles. The summed E-state index contributed by atoms with van der Waals surface area (Å²) in [5.74, 6) is -0.815. The van der Waals surface area contributed by atoms with Gasteiger partial charge in [-0.3, -0.25) is 4.79 Å². The molecule has 0 rings (SSSR count). The van der Waals surface area contributed by atoms with Gasteiger partial charge in [0.15, 0.2) is 0 Å². The Balaban J connectivity index is -0.000000180. The third kappa shape index (κ3) is 9.78. The third-order valence-corrected chi connectivity index (χ3v) is 0.907. The molecule has 0 saturated carbocycles. The molecule has 0 spiro atoms. The number of carbonyl (C=O) groups is 1. The minimum absolute atomic E-state index is 0. The molecule has 0 aliphatic heterocycles. The normalized spacial score (nSPS) is 10.4. The van der Waals surface area contributed by atoms with Gasteiger partial charge in [0.2, 0.25) is 0 Å². The Morgan fingerprint density at radius 1 is 1.67 bits per heavy atom. The molecule has 0 bridgehead atoms. The van der Waals surface area contributed by atoms with E-state index in [0.717, 1.165) is 0 Å². The van der Waals surface area contributed by atoms with Crippen LogP contribution in [0.25, 0.3) is 0 Å². The Morgan fingerprint density at radius 2 is 2.00 bits per heavy atom. The molecule has 1 atom stereocenters. The zero-order valence-corrected chi connectivity index (χ0v) is 4.56. The molecule has 46 valence electrons. The van der Waals surface area contributed by atoms with E-state index in [-0.39, 0.29) is 64.9 Å². The molecule has 0 saturated heterocycles. The van der Waals surface area contributed by atoms with Crippen molar-refractivity contribution >= 4 is 77.7 Å². The first-order chi connectivity index (χ1) is 3.18. The van der Waals surface area contributed by atoms with Crippen LogP contribution in [0.5, 0.6) is 0 Å². The van der Waals surface area contributed by atoms with Gasteiger partial charge in [-0.2, -0.15) is 12.6 Å². The summed E-state index contributed by atoms with van der Waals surface area (Å²) >= 11 is 3.65. The van der Waals surface area contributed by atoms with Crippen LogP contribution in [-0.2, 0) is 4.79 Å².